The molecule has 2 nitrogen and oxygen atoms in total. The first-order valence-corrected chi connectivity index (χ1v) is 3.70. The fraction of sp³-hybridized carbons (Fsp3) is 0.750. The Morgan fingerprint density at radius 1 is 1.30 bits per heavy atom. The molecule has 2 heteroatoms. The lowest BCUT2D eigenvalue weighted by Gasteiger charge is -2.27. The predicted octanol–water partition coefficient (Wildman–Crippen LogP) is 1.33. The second-order valence-corrected chi connectivity index (χ2v) is 3.23. The Morgan fingerprint density at radius 2 is 1.90 bits per heavy atom. The molecule has 0 unspecified atom stereocenters. The molecule has 0 aromatic rings. The van der Waals surface area contributed by atoms with Crippen molar-refractivity contribution < 1.29 is 9.47 Å². The van der Waals surface area contributed by atoms with Crippen molar-refractivity contribution in [3.8, 4) is 0 Å². The highest BCUT2D eigenvalue weighted by molar-refractivity contribution is 4.95. The molecule has 0 amide bonds. The minimum Gasteiger partial charge on any atom is -0.348 e. The molecule has 0 N–H and O–H groups in total. The maximum Gasteiger partial charge on any atom is 0.176 e. The highest BCUT2D eigenvalue weighted by Crippen LogP contribution is 2.48. The normalized spacial score (nSPS) is 30.4. The molecule has 1 saturated carbocycles. The van der Waals surface area contributed by atoms with Crippen LogP contribution in [0.2, 0.25) is 0 Å². The average molecular weight is 140 g/mol. The Morgan fingerprint density at radius 3 is 2.30 bits per heavy atom. The molecule has 2 fully saturated rings. The van der Waals surface area contributed by atoms with E-state index in [-0.39, 0.29) is 6.29 Å². The molecule has 2 aliphatic rings. The SMILES string of the molecule is C=CC1OCC2(CC2)CO1. The number of rotatable bonds is 1. The molecule has 1 aliphatic carbocycles. The molecule has 10 heavy (non-hydrogen) atoms. The lowest BCUT2D eigenvalue weighted by molar-refractivity contribution is -0.181. The summed E-state index contributed by atoms with van der Waals surface area (Å²) in [5.41, 5.74) is 0.416. The summed E-state index contributed by atoms with van der Waals surface area (Å²) in [6.45, 7) is 5.33. The van der Waals surface area contributed by atoms with Crippen LogP contribution in [-0.2, 0) is 9.47 Å². The second kappa shape index (κ2) is 2.07. The van der Waals surface area contributed by atoms with Gasteiger partial charge in [0.2, 0.25) is 0 Å². The largest absolute Gasteiger partial charge is 0.348 e. The minimum absolute atomic E-state index is 0.147. The van der Waals surface area contributed by atoms with E-state index in [0.29, 0.717) is 5.41 Å². The van der Waals surface area contributed by atoms with E-state index in [2.05, 4.69) is 6.58 Å². The number of ether oxygens (including phenoxy) is 2. The van der Waals surface area contributed by atoms with E-state index in [1.54, 1.807) is 6.08 Å². The van der Waals surface area contributed by atoms with Gasteiger partial charge in [-0.1, -0.05) is 6.58 Å². The van der Waals surface area contributed by atoms with Gasteiger partial charge in [-0.3, -0.25) is 0 Å². The monoisotopic (exact) mass is 140 g/mol. The lowest BCUT2D eigenvalue weighted by atomic mass is 10.1. The van der Waals surface area contributed by atoms with Crippen molar-refractivity contribution in [1.82, 2.24) is 0 Å². The van der Waals surface area contributed by atoms with Crippen molar-refractivity contribution >= 4 is 0 Å². The van der Waals surface area contributed by atoms with Gasteiger partial charge >= 0.3 is 0 Å². The van der Waals surface area contributed by atoms with Gasteiger partial charge in [0.1, 0.15) is 0 Å². The molecule has 0 aromatic carbocycles. The van der Waals surface area contributed by atoms with Crippen LogP contribution in [0.25, 0.3) is 0 Å². The zero-order chi connectivity index (χ0) is 7.03. The van der Waals surface area contributed by atoms with Gasteiger partial charge < -0.3 is 9.47 Å². The van der Waals surface area contributed by atoms with Gasteiger partial charge in [0, 0.05) is 5.41 Å². The third kappa shape index (κ3) is 0.976. The van der Waals surface area contributed by atoms with Crippen LogP contribution in [0.5, 0.6) is 0 Å². The van der Waals surface area contributed by atoms with E-state index in [1.807, 2.05) is 0 Å². The van der Waals surface area contributed by atoms with Gasteiger partial charge in [-0.05, 0) is 18.9 Å². The molecule has 56 valence electrons. The van der Waals surface area contributed by atoms with Crippen LogP contribution in [0.3, 0.4) is 0 Å². The topological polar surface area (TPSA) is 18.5 Å². The van der Waals surface area contributed by atoms with Crippen molar-refractivity contribution in [2.24, 2.45) is 5.41 Å². The molecule has 1 heterocycles. The van der Waals surface area contributed by atoms with Crippen LogP contribution in [0.1, 0.15) is 12.8 Å². The fourth-order valence-electron chi connectivity index (χ4n) is 1.21. The molecular formula is C8H12O2. The Hall–Kier alpha value is -0.340. The number of hydrogen-bond acceptors (Lipinski definition) is 2. The Balaban J connectivity index is 1.89. The Labute approximate surface area is 60.8 Å². The van der Waals surface area contributed by atoms with Crippen molar-refractivity contribution in [3.63, 3.8) is 0 Å². The smallest absolute Gasteiger partial charge is 0.176 e. The van der Waals surface area contributed by atoms with Crippen LogP contribution in [0.4, 0.5) is 0 Å². The first-order chi connectivity index (χ1) is 4.85. The summed E-state index contributed by atoms with van der Waals surface area (Å²) >= 11 is 0. The summed E-state index contributed by atoms with van der Waals surface area (Å²) in [6, 6.07) is 0. The molecule has 0 bridgehead atoms. The van der Waals surface area contributed by atoms with Gasteiger partial charge in [-0.2, -0.15) is 0 Å². The van der Waals surface area contributed by atoms with Crippen LogP contribution < -0.4 is 0 Å². The molecule has 1 spiro atoms. The summed E-state index contributed by atoms with van der Waals surface area (Å²) < 4.78 is 10.7. The van der Waals surface area contributed by atoms with Crippen molar-refractivity contribution in [2.45, 2.75) is 19.1 Å². The fourth-order valence-corrected chi connectivity index (χ4v) is 1.21. The third-order valence-electron chi connectivity index (χ3n) is 2.26. The average Bonchev–Trinajstić information content (AvgIpc) is 2.72. The number of hydrogen-bond donors (Lipinski definition) is 0. The third-order valence-corrected chi connectivity index (χ3v) is 2.26. The molecule has 0 aromatic heterocycles. The van der Waals surface area contributed by atoms with Gasteiger partial charge in [0.15, 0.2) is 6.29 Å². The standard InChI is InChI=1S/C8H12O2/c1-2-7-9-5-8(3-4-8)6-10-7/h2,7H,1,3-6H2. The highest BCUT2D eigenvalue weighted by atomic mass is 16.7. The molecule has 0 atom stereocenters. The first kappa shape index (κ1) is 6.38. The maximum atomic E-state index is 5.36. The first-order valence-electron chi connectivity index (χ1n) is 3.70. The molecule has 0 radical (unpaired) electrons. The predicted molar refractivity (Wildman–Crippen MR) is 37.6 cm³/mol. The Bertz CT molecular complexity index is 139. The van der Waals surface area contributed by atoms with Gasteiger partial charge in [-0.25, -0.2) is 0 Å². The summed E-state index contributed by atoms with van der Waals surface area (Å²) in [5.74, 6) is 0. The minimum atomic E-state index is -0.147. The van der Waals surface area contributed by atoms with Crippen LogP contribution in [0.15, 0.2) is 12.7 Å². The lowest BCUT2D eigenvalue weighted by Crippen LogP contribution is -2.31. The van der Waals surface area contributed by atoms with E-state index in [4.69, 9.17) is 9.47 Å². The highest BCUT2D eigenvalue weighted by Gasteiger charge is 2.46. The molecule has 1 saturated heterocycles. The van der Waals surface area contributed by atoms with E-state index in [1.165, 1.54) is 12.8 Å². The summed E-state index contributed by atoms with van der Waals surface area (Å²) in [7, 11) is 0. The molecule has 1 aliphatic heterocycles. The van der Waals surface area contributed by atoms with Crippen molar-refractivity contribution in [2.75, 3.05) is 13.2 Å². The van der Waals surface area contributed by atoms with Crippen LogP contribution in [-0.4, -0.2) is 19.5 Å². The van der Waals surface area contributed by atoms with E-state index < -0.39 is 0 Å². The van der Waals surface area contributed by atoms with Gasteiger partial charge in [0.25, 0.3) is 0 Å². The van der Waals surface area contributed by atoms with Gasteiger partial charge in [-0.15, -0.1) is 0 Å². The molecule has 2 rings (SSSR count). The summed E-state index contributed by atoms with van der Waals surface area (Å²) in [5, 5.41) is 0. The second-order valence-electron chi connectivity index (χ2n) is 3.23. The molecular weight excluding hydrogens is 128 g/mol. The van der Waals surface area contributed by atoms with E-state index in [9.17, 15) is 0 Å². The van der Waals surface area contributed by atoms with Crippen LogP contribution >= 0.6 is 0 Å². The van der Waals surface area contributed by atoms with Gasteiger partial charge in [0.05, 0.1) is 13.2 Å². The van der Waals surface area contributed by atoms with E-state index in [0.717, 1.165) is 13.2 Å². The zero-order valence-corrected chi connectivity index (χ0v) is 6.01. The van der Waals surface area contributed by atoms with E-state index >= 15 is 0 Å². The zero-order valence-electron chi connectivity index (χ0n) is 6.01. The Kier molecular flexibility index (Phi) is 1.32. The quantitative estimate of drug-likeness (QED) is 0.511. The van der Waals surface area contributed by atoms with Crippen LogP contribution in [0, 0.1) is 5.41 Å². The maximum absolute atomic E-state index is 5.36. The summed E-state index contributed by atoms with van der Waals surface area (Å²) in [6.07, 6.45) is 4.11. The van der Waals surface area contributed by atoms with Crippen molar-refractivity contribution in [1.29, 1.82) is 0 Å². The summed E-state index contributed by atoms with van der Waals surface area (Å²) in [4.78, 5) is 0. The van der Waals surface area contributed by atoms with Crippen molar-refractivity contribution in [3.05, 3.63) is 12.7 Å².